The van der Waals surface area contributed by atoms with Crippen LogP contribution in [0.5, 0.6) is 0 Å². The molecule has 16 heavy (non-hydrogen) atoms. The summed E-state index contributed by atoms with van der Waals surface area (Å²) in [7, 11) is 1.37. The molecular formula is C13H15NO2. The Bertz CT molecular complexity index is 389. The number of nitrogens with one attached hydrogen (secondary N) is 1. The zero-order valence-electron chi connectivity index (χ0n) is 9.49. The molecule has 0 fully saturated rings. The van der Waals surface area contributed by atoms with Crippen molar-refractivity contribution in [1.29, 1.82) is 0 Å². The van der Waals surface area contributed by atoms with Crippen LogP contribution in [0.1, 0.15) is 12.5 Å². The van der Waals surface area contributed by atoms with Crippen LogP contribution < -0.4 is 5.32 Å². The zero-order chi connectivity index (χ0) is 11.8. The molecule has 0 spiro atoms. The van der Waals surface area contributed by atoms with E-state index >= 15 is 0 Å². The van der Waals surface area contributed by atoms with Crippen molar-refractivity contribution in [3.8, 4) is 11.8 Å². The molecule has 0 heterocycles. The van der Waals surface area contributed by atoms with E-state index < -0.39 is 0 Å². The highest BCUT2D eigenvalue weighted by Crippen LogP contribution is 1.94. The van der Waals surface area contributed by atoms with Gasteiger partial charge in [0.15, 0.2) is 0 Å². The standard InChI is InChI=1S/C13H15NO2/c1-11(13(15)16-2)14-10-6-9-12-7-4-3-5-8-12/h3-5,7-8,11,14H,10H2,1-2H3. The lowest BCUT2D eigenvalue weighted by molar-refractivity contribution is -0.142. The third kappa shape index (κ3) is 4.16. The topological polar surface area (TPSA) is 38.3 Å². The Labute approximate surface area is 95.8 Å². The van der Waals surface area contributed by atoms with Crippen molar-refractivity contribution in [1.82, 2.24) is 5.32 Å². The summed E-state index contributed by atoms with van der Waals surface area (Å²) in [6.07, 6.45) is 0. The van der Waals surface area contributed by atoms with E-state index in [0.717, 1.165) is 5.56 Å². The van der Waals surface area contributed by atoms with E-state index in [9.17, 15) is 4.79 Å². The number of carbonyl (C=O) groups is 1. The molecule has 0 radical (unpaired) electrons. The lowest BCUT2D eigenvalue weighted by Gasteiger charge is -2.07. The Hall–Kier alpha value is -1.79. The van der Waals surface area contributed by atoms with E-state index in [1.807, 2.05) is 30.3 Å². The number of hydrogen-bond acceptors (Lipinski definition) is 3. The molecular weight excluding hydrogens is 202 g/mol. The predicted molar refractivity (Wildman–Crippen MR) is 62.8 cm³/mol. The summed E-state index contributed by atoms with van der Waals surface area (Å²) >= 11 is 0. The fourth-order valence-corrected chi connectivity index (χ4v) is 1.13. The Morgan fingerprint density at radius 3 is 2.75 bits per heavy atom. The number of benzene rings is 1. The normalized spacial score (nSPS) is 11.1. The molecule has 1 atom stereocenters. The van der Waals surface area contributed by atoms with Gasteiger partial charge >= 0.3 is 5.97 Å². The molecule has 0 aliphatic carbocycles. The molecule has 3 heteroatoms. The van der Waals surface area contributed by atoms with Gasteiger partial charge in [0.2, 0.25) is 0 Å². The van der Waals surface area contributed by atoms with Gasteiger partial charge in [0.05, 0.1) is 13.7 Å². The molecule has 0 saturated heterocycles. The van der Waals surface area contributed by atoms with Gasteiger partial charge in [0, 0.05) is 5.56 Å². The Kier molecular flexibility index (Phi) is 5.10. The van der Waals surface area contributed by atoms with Gasteiger partial charge in [-0.25, -0.2) is 0 Å². The second-order valence-corrected chi connectivity index (χ2v) is 3.29. The smallest absolute Gasteiger partial charge is 0.322 e. The highest BCUT2D eigenvalue weighted by molar-refractivity contribution is 5.75. The van der Waals surface area contributed by atoms with Crippen molar-refractivity contribution < 1.29 is 9.53 Å². The number of methoxy groups -OCH3 is 1. The first-order valence-electron chi connectivity index (χ1n) is 5.09. The van der Waals surface area contributed by atoms with E-state index in [4.69, 9.17) is 0 Å². The third-order valence-electron chi connectivity index (χ3n) is 2.06. The predicted octanol–water partition coefficient (Wildman–Crippen LogP) is 1.19. The maximum atomic E-state index is 11.0. The number of ether oxygens (including phenoxy) is 1. The monoisotopic (exact) mass is 217 g/mol. The SMILES string of the molecule is COC(=O)C(C)NCC#Cc1ccccc1. The van der Waals surface area contributed by atoms with Gasteiger partial charge < -0.3 is 4.74 Å². The van der Waals surface area contributed by atoms with Crippen LogP contribution in [-0.2, 0) is 9.53 Å². The highest BCUT2D eigenvalue weighted by atomic mass is 16.5. The summed E-state index contributed by atoms with van der Waals surface area (Å²) in [5.41, 5.74) is 0.968. The number of carbonyl (C=O) groups excluding carboxylic acids is 1. The van der Waals surface area contributed by atoms with Crippen LogP contribution in [0, 0.1) is 11.8 Å². The first-order chi connectivity index (χ1) is 7.74. The third-order valence-corrected chi connectivity index (χ3v) is 2.06. The molecule has 1 aromatic rings. The summed E-state index contributed by atoms with van der Waals surface area (Å²) in [6.45, 7) is 2.21. The first kappa shape index (κ1) is 12.3. The molecule has 0 amide bonds. The lowest BCUT2D eigenvalue weighted by Crippen LogP contribution is -2.34. The van der Waals surface area contributed by atoms with Gasteiger partial charge in [0.25, 0.3) is 0 Å². The fraction of sp³-hybridized carbons (Fsp3) is 0.308. The van der Waals surface area contributed by atoms with E-state index in [0.29, 0.717) is 6.54 Å². The summed E-state index contributed by atoms with van der Waals surface area (Å²) < 4.78 is 4.58. The Balaban J connectivity index is 2.36. The minimum absolute atomic E-state index is 0.276. The van der Waals surface area contributed by atoms with Crippen molar-refractivity contribution in [2.75, 3.05) is 13.7 Å². The van der Waals surface area contributed by atoms with Crippen LogP contribution in [0.15, 0.2) is 30.3 Å². The summed E-state index contributed by atoms with van der Waals surface area (Å²) in [6, 6.07) is 9.38. The summed E-state index contributed by atoms with van der Waals surface area (Å²) in [4.78, 5) is 11.0. The number of rotatable bonds is 3. The molecule has 0 bridgehead atoms. The van der Waals surface area contributed by atoms with Crippen LogP contribution in [0.3, 0.4) is 0 Å². The van der Waals surface area contributed by atoms with Gasteiger partial charge in [-0.3, -0.25) is 10.1 Å². The maximum absolute atomic E-state index is 11.0. The second-order valence-electron chi connectivity index (χ2n) is 3.29. The van der Waals surface area contributed by atoms with E-state index in [1.54, 1.807) is 6.92 Å². The van der Waals surface area contributed by atoms with Crippen LogP contribution in [0.2, 0.25) is 0 Å². The van der Waals surface area contributed by atoms with Gasteiger partial charge in [-0.05, 0) is 19.1 Å². The Morgan fingerprint density at radius 2 is 2.12 bits per heavy atom. The quantitative estimate of drug-likeness (QED) is 0.610. The minimum atomic E-state index is -0.324. The average Bonchev–Trinajstić information content (AvgIpc) is 2.34. The molecule has 1 aromatic carbocycles. The van der Waals surface area contributed by atoms with Crippen LogP contribution in [0.4, 0.5) is 0 Å². The van der Waals surface area contributed by atoms with Crippen molar-refractivity contribution in [3.63, 3.8) is 0 Å². The Morgan fingerprint density at radius 1 is 1.44 bits per heavy atom. The highest BCUT2D eigenvalue weighted by Gasteiger charge is 2.09. The molecule has 0 saturated carbocycles. The van der Waals surface area contributed by atoms with Gasteiger partial charge in [-0.15, -0.1) is 0 Å². The second kappa shape index (κ2) is 6.65. The molecule has 1 N–H and O–H groups in total. The van der Waals surface area contributed by atoms with Crippen molar-refractivity contribution in [2.24, 2.45) is 0 Å². The summed E-state index contributed by atoms with van der Waals surface area (Å²) in [5.74, 6) is 5.66. The average molecular weight is 217 g/mol. The lowest BCUT2D eigenvalue weighted by atomic mass is 10.2. The van der Waals surface area contributed by atoms with Crippen molar-refractivity contribution >= 4 is 5.97 Å². The van der Waals surface area contributed by atoms with Crippen LogP contribution in [-0.4, -0.2) is 25.7 Å². The first-order valence-corrected chi connectivity index (χ1v) is 5.09. The van der Waals surface area contributed by atoms with E-state index in [1.165, 1.54) is 7.11 Å². The van der Waals surface area contributed by atoms with Crippen molar-refractivity contribution in [3.05, 3.63) is 35.9 Å². The van der Waals surface area contributed by atoms with Gasteiger partial charge in [-0.2, -0.15) is 0 Å². The molecule has 84 valence electrons. The molecule has 0 aliphatic rings. The van der Waals surface area contributed by atoms with Crippen LogP contribution in [0.25, 0.3) is 0 Å². The minimum Gasteiger partial charge on any atom is -0.468 e. The molecule has 1 rings (SSSR count). The molecule has 0 aliphatic heterocycles. The molecule has 1 unspecified atom stereocenters. The van der Waals surface area contributed by atoms with E-state index in [-0.39, 0.29) is 12.0 Å². The van der Waals surface area contributed by atoms with Crippen molar-refractivity contribution in [2.45, 2.75) is 13.0 Å². The summed E-state index contributed by atoms with van der Waals surface area (Å²) in [5, 5.41) is 2.96. The number of esters is 1. The van der Waals surface area contributed by atoms with E-state index in [2.05, 4.69) is 21.9 Å². The largest absolute Gasteiger partial charge is 0.468 e. The van der Waals surface area contributed by atoms with Gasteiger partial charge in [0.1, 0.15) is 6.04 Å². The molecule has 3 nitrogen and oxygen atoms in total. The molecule has 0 aromatic heterocycles. The maximum Gasteiger partial charge on any atom is 0.322 e. The van der Waals surface area contributed by atoms with Gasteiger partial charge in [-0.1, -0.05) is 30.0 Å². The van der Waals surface area contributed by atoms with Crippen LogP contribution >= 0.6 is 0 Å². The number of hydrogen-bond donors (Lipinski definition) is 1. The zero-order valence-corrected chi connectivity index (χ0v) is 9.49. The fourth-order valence-electron chi connectivity index (χ4n) is 1.13.